The molecule has 1 saturated heterocycles. The number of likely N-dealkylation sites (N-methyl/N-ethyl adjacent to an activating group) is 1. The molecule has 11 heteroatoms. The fourth-order valence-electron chi connectivity index (χ4n) is 3.61. The predicted molar refractivity (Wildman–Crippen MR) is 111 cm³/mol. The molecule has 31 heavy (non-hydrogen) atoms. The van der Waals surface area contributed by atoms with Crippen LogP contribution in [0.15, 0.2) is 30.6 Å². The lowest BCUT2D eigenvalue weighted by atomic mass is 10.1. The molecule has 11 nitrogen and oxygen atoms in total. The molecule has 4 atom stereocenters. The number of carbonyl (C=O) groups is 1. The Morgan fingerprint density at radius 1 is 1.26 bits per heavy atom. The standard InChI is InChI=1S/C20H24N6O5/c1-4-22-19(29)15-13(27)14(28)20(31-15)26-9-23-12-17(21-2)24-16(25-18(12)26)10-7-5-6-8-11(10)30-3/h5-9,13-15,20,27-28H,4H2,1-3H3,(H,22,29)(H,21,24,25). The van der Waals surface area contributed by atoms with Gasteiger partial charge in [0.15, 0.2) is 35.1 Å². The van der Waals surface area contributed by atoms with Gasteiger partial charge in [0.2, 0.25) is 0 Å². The van der Waals surface area contributed by atoms with Gasteiger partial charge in [0, 0.05) is 13.6 Å². The lowest BCUT2D eigenvalue weighted by Crippen LogP contribution is -2.42. The summed E-state index contributed by atoms with van der Waals surface area (Å²) in [5, 5.41) is 26.5. The number of nitrogens with one attached hydrogen (secondary N) is 2. The van der Waals surface area contributed by atoms with Gasteiger partial charge in [-0.2, -0.15) is 0 Å². The Labute approximate surface area is 178 Å². The van der Waals surface area contributed by atoms with Gasteiger partial charge in [0.25, 0.3) is 5.91 Å². The summed E-state index contributed by atoms with van der Waals surface area (Å²) in [5.41, 5.74) is 1.49. The van der Waals surface area contributed by atoms with Crippen molar-refractivity contribution in [3.05, 3.63) is 30.6 Å². The summed E-state index contributed by atoms with van der Waals surface area (Å²) < 4.78 is 12.6. The maximum atomic E-state index is 12.2. The molecular formula is C20H24N6O5. The molecule has 1 aliphatic rings. The second-order valence-corrected chi connectivity index (χ2v) is 6.99. The number of para-hydroxylation sites is 1. The average molecular weight is 428 g/mol. The lowest BCUT2D eigenvalue weighted by Gasteiger charge is -2.17. The number of anilines is 1. The van der Waals surface area contributed by atoms with Gasteiger partial charge in [-0.05, 0) is 19.1 Å². The van der Waals surface area contributed by atoms with Crippen molar-refractivity contribution in [3.63, 3.8) is 0 Å². The SMILES string of the molecule is CCNC(=O)C1OC(n2cnc3c(NC)nc(-c4ccccc4OC)nc32)C(O)C1O. The minimum Gasteiger partial charge on any atom is -0.496 e. The Balaban J connectivity index is 1.80. The molecule has 1 amide bonds. The number of amides is 1. The van der Waals surface area contributed by atoms with E-state index >= 15 is 0 Å². The Morgan fingerprint density at radius 3 is 2.74 bits per heavy atom. The van der Waals surface area contributed by atoms with E-state index in [-0.39, 0.29) is 0 Å². The minimum atomic E-state index is -1.40. The summed E-state index contributed by atoms with van der Waals surface area (Å²) in [5.74, 6) is 0.947. The van der Waals surface area contributed by atoms with E-state index in [1.807, 2.05) is 18.2 Å². The third-order valence-corrected chi connectivity index (χ3v) is 5.13. The number of methoxy groups -OCH3 is 1. The Bertz CT molecular complexity index is 1100. The van der Waals surface area contributed by atoms with Crippen LogP contribution in [-0.4, -0.2) is 74.7 Å². The number of rotatable bonds is 6. The zero-order chi connectivity index (χ0) is 22.1. The van der Waals surface area contributed by atoms with Crippen molar-refractivity contribution < 1.29 is 24.5 Å². The molecule has 0 radical (unpaired) electrons. The Hall–Kier alpha value is -3.28. The molecule has 0 bridgehead atoms. The first-order chi connectivity index (χ1) is 15.0. The van der Waals surface area contributed by atoms with Gasteiger partial charge in [-0.1, -0.05) is 12.1 Å². The smallest absolute Gasteiger partial charge is 0.252 e. The van der Waals surface area contributed by atoms with E-state index in [1.54, 1.807) is 27.1 Å². The molecular weight excluding hydrogens is 404 g/mol. The fraction of sp³-hybridized carbons (Fsp3) is 0.400. The maximum Gasteiger partial charge on any atom is 0.252 e. The third-order valence-electron chi connectivity index (χ3n) is 5.13. The number of nitrogens with zero attached hydrogens (tertiary/aromatic N) is 4. The van der Waals surface area contributed by atoms with Gasteiger partial charge < -0.3 is 30.3 Å². The highest BCUT2D eigenvalue weighted by Gasteiger charge is 2.47. The number of ether oxygens (including phenoxy) is 2. The Morgan fingerprint density at radius 2 is 2.03 bits per heavy atom. The normalized spacial score (nSPS) is 23.1. The molecule has 4 unspecified atom stereocenters. The topological polar surface area (TPSA) is 144 Å². The number of hydrogen-bond donors (Lipinski definition) is 4. The number of imidazole rings is 1. The second kappa shape index (κ2) is 8.46. The van der Waals surface area contributed by atoms with Crippen LogP contribution in [-0.2, 0) is 9.53 Å². The molecule has 2 aromatic heterocycles. The van der Waals surface area contributed by atoms with Gasteiger partial charge in [-0.25, -0.2) is 15.0 Å². The highest BCUT2D eigenvalue weighted by molar-refractivity contribution is 5.86. The molecule has 3 aromatic rings. The number of benzene rings is 1. The maximum absolute atomic E-state index is 12.2. The number of aliphatic hydroxyl groups excluding tert-OH is 2. The summed E-state index contributed by atoms with van der Waals surface area (Å²) in [6.45, 7) is 2.13. The van der Waals surface area contributed by atoms with Crippen LogP contribution in [0.25, 0.3) is 22.6 Å². The third kappa shape index (κ3) is 3.56. The highest BCUT2D eigenvalue weighted by Crippen LogP contribution is 2.34. The average Bonchev–Trinajstić information content (AvgIpc) is 3.34. The van der Waals surface area contributed by atoms with Crippen molar-refractivity contribution in [1.82, 2.24) is 24.8 Å². The summed E-state index contributed by atoms with van der Waals surface area (Å²) in [4.78, 5) is 25.7. The second-order valence-electron chi connectivity index (χ2n) is 6.99. The van der Waals surface area contributed by atoms with Crippen LogP contribution in [0, 0.1) is 0 Å². The van der Waals surface area contributed by atoms with E-state index in [0.717, 1.165) is 0 Å². The first-order valence-electron chi connectivity index (χ1n) is 9.85. The van der Waals surface area contributed by atoms with Gasteiger partial charge in [0.05, 0.1) is 19.0 Å². The zero-order valence-corrected chi connectivity index (χ0v) is 17.3. The van der Waals surface area contributed by atoms with Gasteiger partial charge in [-0.15, -0.1) is 0 Å². The first-order valence-corrected chi connectivity index (χ1v) is 9.85. The van der Waals surface area contributed by atoms with E-state index in [0.29, 0.717) is 40.7 Å². The monoisotopic (exact) mass is 428 g/mol. The minimum absolute atomic E-state index is 0.369. The van der Waals surface area contributed by atoms with Crippen LogP contribution in [0.5, 0.6) is 5.75 Å². The molecule has 4 rings (SSSR count). The Kier molecular flexibility index (Phi) is 5.72. The molecule has 0 spiro atoms. The largest absolute Gasteiger partial charge is 0.496 e. The van der Waals surface area contributed by atoms with E-state index in [1.165, 1.54) is 10.9 Å². The van der Waals surface area contributed by atoms with Gasteiger partial charge in [-0.3, -0.25) is 9.36 Å². The molecule has 4 N–H and O–H groups in total. The first kappa shape index (κ1) is 21.0. The van der Waals surface area contributed by atoms with Gasteiger partial charge >= 0.3 is 0 Å². The molecule has 0 aliphatic carbocycles. The number of fused-ring (bicyclic) bond motifs is 1. The van der Waals surface area contributed by atoms with E-state index in [4.69, 9.17) is 9.47 Å². The predicted octanol–water partition coefficient (Wildman–Crippen LogP) is 0.299. The number of hydrogen-bond acceptors (Lipinski definition) is 9. The molecule has 1 fully saturated rings. The number of carbonyl (C=O) groups excluding carboxylic acids is 1. The summed E-state index contributed by atoms with van der Waals surface area (Å²) in [6, 6.07) is 7.32. The summed E-state index contributed by atoms with van der Waals surface area (Å²) in [6.07, 6.45) is -3.58. The molecule has 0 saturated carbocycles. The van der Waals surface area contributed by atoms with Crippen LogP contribution >= 0.6 is 0 Å². The highest BCUT2D eigenvalue weighted by atomic mass is 16.6. The van der Waals surface area contributed by atoms with E-state index in [9.17, 15) is 15.0 Å². The van der Waals surface area contributed by atoms with E-state index < -0.39 is 30.4 Å². The van der Waals surface area contributed by atoms with Crippen molar-refractivity contribution in [2.24, 2.45) is 0 Å². The summed E-state index contributed by atoms with van der Waals surface area (Å²) in [7, 11) is 3.27. The summed E-state index contributed by atoms with van der Waals surface area (Å²) >= 11 is 0. The quantitative estimate of drug-likeness (QED) is 0.436. The van der Waals surface area contributed by atoms with Crippen LogP contribution in [0.2, 0.25) is 0 Å². The van der Waals surface area contributed by atoms with Crippen molar-refractivity contribution in [2.45, 2.75) is 31.5 Å². The zero-order valence-electron chi connectivity index (χ0n) is 17.3. The van der Waals surface area contributed by atoms with Crippen molar-refractivity contribution >= 4 is 22.9 Å². The van der Waals surface area contributed by atoms with Crippen LogP contribution in [0.4, 0.5) is 5.82 Å². The van der Waals surface area contributed by atoms with Crippen molar-refractivity contribution in [3.8, 4) is 17.1 Å². The van der Waals surface area contributed by atoms with Crippen LogP contribution in [0.1, 0.15) is 13.2 Å². The van der Waals surface area contributed by atoms with Gasteiger partial charge in [0.1, 0.15) is 18.0 Å². The molecule has 164 valence electrons. The van der Waals surface area contributed by atoms with Crippen LogP contribution < -0.4 is 15.4 Å². The van der Waals surface area contributed by atoms with E-state index in [2.05, 4.69) is 25.6 Å². The van der Waals surface area contributed by atoms with Crippen molar-refractivity contribution in [2.75, 3.05) is 26.0 Å². The number of aliphatic hydroxyl groups is 2. The van der Waals surface area contributed by atoms with Crippen molar-refractivity contribution in [1.29, 1.82) is 0 Å². The lowest BCUT2D eigenvalue weighted by molar-refractivity contribution is -0.137. The molecule has 3 heterocycles. The van der Waals surface area contributed by atoms with Crippen LogP contribution in [0.3, 0.4) is 0 Å². The number of aromatic nitrogens is 4. The fourth-order valence-corrected chi connectivity index (χ4v) is 3.61. The molecule has 1 aromatic carbocycles. The molecule has 1 aliphatic heterocycles.